The van der Waals surface area contributed by atoms with Crippen LogP contribution in [0.3, 0.4) is 0 Å². The van der Waals surface area contributed by atoms with Crippen molar-refractivity contribution in [2.75, 3.05) is 10.6 Å². The summed E-state index contributed by atoms with van der Waals surface area (Å²) in [5, 5.41) is 7.35. The van der Waals surface area contributed by atoms with Crippen LogP contribution in [-0.4, -0.2) is 16.0 Å². The monoisotopic (exact) mass is 302 g/mol. The predicted octanol–water partition coefficient (Wildman–Crippen LogP) is 4.37. The SMILES string of the molecule is Cc1cc(C)c(Nc2cc(C)nc(NC3CC3)n2)c(Cl)c1. The fraction of sp³-hybridized carbons (Fsp3) is 0.375. The maximum Gasteiger partial charge on any atom is 0.225 e. The molecule has 1 aliphatic carbocycles. The minimum absolute atomic E-state index is 0.532. The molecule has 0 bridgehead atoms. The third-order valence-corrected chi connectivity index (χ3v) is 3.75. The van der Waals surface area contributed by atoms with Crippen LogP contribution in [0.25, 0.3) is 0 Å². The van der Waals surface area contributed by atoms with Gasteiger partial charge in [0.15, 0.2) is 0 Å². The largest absolute Gasteiger partial charge is 0.351 e. The van der Waals surface area contributed by atoms with Gasteiger partial charge in [-0.25, -0.2) is 4.98 Å². The lowest BCUT2D eigenvalue weighted by Crippen LogP contribution is -2.08. The molecule has 0 spiro atoms. The van der Waals surface area contributed by atoms with Crippen LogP contribution in [0.15, 0.2) is 18.2 Å². The lowest BCUT2D eigenvalue weighted by molar-refractivity contribution is 1.03. The molecule has 1 saturated carbocycles. The van der Waals surface area contributed by atoms with E-state index in [0.717, 1.165) is 28.3 Å². The van der Waals surface area contributed by atoms with Crippen LogP contribution < -0.4 is 10.6 Å². The first kappa shape index (κ1) is 14.1. The summed E-state index contributed by atoms with van der Waals surface area (Å²) in [6.45, 7) is 6.04. The molecular formula is C16H19ClN4. The first-order chi connectivity index (χ1) is 10.0. The number of nitrogens with zero attached hydrogens (tertiary/aromatic N) is 2. The summed E-state index contributed by atoms with van der Waals surface area (Å²) in [4.78, 5) is 8.94. The fourth-order valence-electron chi connectivity index (χ4n) is 2.31. The first-order valence-electron chi connectivity index (χ1n) is 7.17. The molecule has 1 aromatic carbocycles. The number of anilines is 3. The van der Waals surface area contributed by atoms with E-state index >= 15 is 0 Å². The van der Waals surface area contributed by atoms with Crippen LogP contribution in [0, 0.1) is 20.8 Å². The molecule has 3 rings (SSSR count). The summed E-state index contributed by atoms with van der Waals surface area (Å²) in [5.41, 5.74) is 4.08. The van der Waals surface area contributed by atoms with Gasteiger partial charge >= 0.3 is 0 Å². The highest BCUT2D eigenvalue weighted by molar-refractivity contribution is 6.33. The fourth-order valence-corrected chi connectivity index (χ4v) is 2.68. The molecule has 5 heteroatoms. The number of benzene rings is 1. The van der Waals surface area contributed by atoms with E-state index in [0.29, 0.717) is 17.0 Å². The van der Waals surface area contributed by atoms with Crippen LogP contribution >= 0.6 is 11.6 Å². The van der Waals surface area contributed by atoms with Crippen molar-refractivity contribution in [1.29, 1.82) is 0 Å². The van der Waals surface area contributed by atoms with E-state index in [1.807, 2.05) is 32.9 Å². The van der Waals surface area contributed by atoms with Crippen molar-refractivity contribution in [2.45, 2.75) is 39.7 Å². The molecule has 0 radical (unpaired) electrons. The van der Waals surface area contributed by atoms with Gasteiger partial charge in [-0.3, -0.25) is 0 Å². The van der Waals surface area contributed by atoms with E-state index in [4.69, 9.17) is 11.6 Å². The number of aromatic nitrogens is 2. The molecule has 4 nitrogen and oxygen atoms in total. The summed E-state index contributed by atoms with van der Waals surface area (Å²) < 4.78 is 0. The second kappa shape index (κ2) is 5.53. The van der Waals surface area contributed by atoms with E-state index in [1.54, 1.807) is 0 Å². The smallest absolute Gasteiger partial charge is 0.225 e. The Hall–Kier alpha value is -1.81. The van der Waals surface area contributed by atoms with Gasteiger partial charge in [0.1, 0.15) is 5.82 Å². The standard InChI is InChI=1S/C16H19ClN4/c1-9-6-10(2)15(13(17)7-9)20-14-8-11(3)18-16(21-14)19-12-4-5-12/h6-8,12H,4-5H2,1-3H3,(H2,18,19,20,21). The molecule has 0 unspecified atom stereocenters. The molecule has 21 heavy (non-hydrogen) atoms. The van der Waals surface area contributed by atoms with Crippen molar-refractivity contribution in [3.63, 3.8) is 0 Å². The van der Waals surface area contributed by atoms with Crippen molar-refractivity contribution in [3.05, 3.63) is 40.0 Å². The van der Waals surface area contributed by atoms with Crippen molar-refractivity contribution in [2.24, 2.45) is 0 Å². The molecule has 0 amide bonds. The number of aryl methyl sites for hydroxylation is 3. The zero-order valence-corrected chi connectivity index (χ0v) is 13.3. The second-order valence-electron chi connectivity index (χ2n) is 5.70. The van der Waals surface area contributed by atoms with Gasteiger partial charge in [0.05, 0.1) is 10.7 Å². The number of rotatable bonds is 4. The molecule has 2 N–H and O–H groups in total. The van der Waals surface area contributed by atoms with Crippen LogP contribution in [-0.2, 0) is 0 Å². The Morgan fingerprint density at radius 3 is 2.52 bits per heavy atom. The Balaban J connectivity index is 1.88. The molecule has 0 aliphatic heterocycles. The molecule has 1 aliphatic rings. The van der Waals surface area contributed by atoms with Crippen LogP contribution in [0.1, 0.15) is 29.7 Å². The highest BCUT2D eigenvalue weighted by Gasteiger charge is 2.22. The van der Waals surface area contributed by atoms with E-state index in [2.05, 4.69) is 26.7 Å². The highest BCUT2D eigenvalue weighted by atomic mass is 35.5. The number of hydrogen-bond acceptors (Lipinski definition) is 4. The van der Waals surface area contributed by atoms with Crippen molar-refractivity contribution in [1.82, 2.24) is 9.97 Å². The molecule has 1 fully saturated rings. The van der Waals surface area contributed by atoms with E-state index < -0.39 is 0 Å². The molecule has 1 heterocycles. The molecule has 1 aromatic heterocycles. The average molecular weight is 303 g/mol. The Kier molecular flexibility index (Phi) is 3.72. The summed E-state index contributed by atoms with van der Waals surface area (Å²) in [6, 6.07) is 6.51. The van der Waals surface area contributed by atoms with Crippen molar-refractivity contribution in [3.8, 4) is 0 Å². The number of halogens is 1. The van der Waals surface area contributed by atoms with Gasteiger partial charge in [0.2, 0.25) is 5.95 Å². The van der Waals surface area contributed by atoms with E-state index in [1.165, 1.54) is 12.8 Å². The third-order valence-electron chi connectivity index (χ3n) is 3.45. The quantitative estimate of drug-likeness (QED) is 0.880. The number of nitrogens with one attached hydrogen (secondary N) is 2. The van der Waals surface area contributed by atoms with Gasteiger partial charge in [-0.05, 0) is 50.8 Å². The summed E-state index contributed by atoms with van der Waals surface area (Å²) >= 11 is 6.34. The normalized spacial score (nSPS) is 14.1. The Morgan fingerprint density at radius 2 is 1.86 bits per heavy atom. The van der Waals surface area contributed by atoms with Crippen LogP contribution in [0.5, 0.6) is 0 Å². The van der Waals surface area contributed by atoms with Gasteiger partial charge in [0, 0.05) is 17.8 Å². The predicted molar refractivity (Wildman–Crippen MR) is 87.6 cm³/mol. The second-order valence-corrected chi connectivity index (χ2v) is 6.11. The number of hydrogen-bond donors (Lipinski definition) is 2. The van der Waals surface area contributed by atoms with E-state index in [9.17, 15) is 0 Å². The molecule has 0 atom stereocenters. The zero-order chi connectivity index (χ0) is 15.0. The van der Waals surface area contributed by atoms with Gasteiger partial charge in [-0.1, -0.05) is 17.7 Å². The third kappa shape index (κ3) is 3.45. The van der Waals surface area contributed by atoms with Gasteiger partial charge in [-0.15, -0.1) is 0 Å². The molecule has 110 valence electrons. The zero-order valence-electron chi connectivity index (χ0n) is 12.5. The van der Waals surface area contributed by atoms with E-state index in [-0.39, 0.29) is 0 Å². The van der Waals surface area contributed by atoms with Gasteiger partial charge < -0.3 is 10.6 Å². The minimum atomic E-state index is 0.532. The summed E-state index contributed by atoms with van der Waals surface area (Å²) in [5.74, 6) is 1.44. The summed E-state index contributed by atoms with van der Waals surface area (Å²) in [7, 11) is 0. The maximum atomic E-state index is 6.34. The van der Waals surface area contributed by atoms with Gasteiger partial charge in [0.25, 0.3) is 0 Å². The maximum absolute atomic E-state index is 6.34. The lowest BCUT2D eigenvalue weighted by Gasteiger charge is -2.13. The Labute approximate surface area is 130 Å². The summed E-state index contributed by atoms with van der Waals surface area (Å²) in [6.07, 6.45) is 2.39. The Bertz CT molecular complexity index is 657. The van der Waals surface area contributed by atoms with Gasteiger partial charge in [-0.2, -0.15) is 4.98 Å². The lowest BCUT2D eigenvalue weighted by atomic mass is 10.1. The topological polar surface area (TPSA) is 49.8 Å². The molecule has 2 aromatic rings. The highest BCUT2D eigenvalue weighted by Crippen LogP contribution is 2.30. The molecule has 0 saturated heterocycles. The van der Waals surface area contributed by atoms with Crippen molar-refractivity contribution < 1.29 is 0 Å². The van der Waals surface area contributed by atoms with Crippen LogP contribution in [0.2, 0.25) is 5.02 Å². The minimum Gasteiger partial charge on any atom is -0.351 e. The Morgan fingerprint density at radius 1 is 1.10 bits per heavy atom. The average Bonchev–Trinajstić information content (AvgIpc) is 3.17. The first-order valence-corrected chi connectivity index (χ1v) is 7.55. The molecular weight excluding hydrogens is 284 g/mol. The van der Waals surface area contributed by atoms with Crippen LogP contribution in [0.4, 0.5) is 17.5 Å². The van der Waals surface area contributed by atoms with Crippen molar-refractivity contribution >= 4 is 29.1 Å².